The molecular formula is C3H10Cl3NO2. The van der Waals surface area contributed by atoms with Crippen molar-refractivity contribution in [3.05, 3.63) is 0 Å². The lowest BCUT2D eigenvalue weighted by Gasteiger charge is -1.71. The largest absolute Gasteiger partial charge is 0.412 e. The normalized spacial score (nSPS) is 7.33. The quantitative estimate of drug-likeness (QED) is 0.586. The van der Waals surface area contributed by atoms with Crippen LogP contribution in [0.15, 0.2) is 0 Å². The summed E-state index contributed by atoms with van der Waals surface area (Å²) in [5.74, 6) is 0. The Kier molecular flexibility index (Phi) is 28.9. The van der Waals surface area contributed by atoms with Crippen LogP contribution in [-0.4, -0.2) is 28.0 Å². The Bertz CT molecular complexity index is 33.5. The van der Waals surface area contributed by atoms with Gasteiger partial charge in [0.25, 0.3) is 0 Å². The third-order valence-electron chi connectivity index (χ3n) is 0.129. The van der Waals surface area contributed by atoms with Gasteiger partial charge in [-0.2, -0.15) is 0 Å². The maximum absolute atomic E-state index is 7.75. The molecule has 0 aliphatic heterocycles. The molecule has 0 spiro atoms. The van der Waals surface area contributed by atoms with Gasteiger partial charge in [-0.15, -0.1) is 0 Å². The first kappa shape index (κ1) is 16.4. The highest BCUT2D eigenvalue weighted by Crippen LogP contribution is 2.03. The van der Waals surface area contributed by atoms with Gasteiger partial charge in [-0.05, 0) is 0 Å². The van der Waals surface area contributed by atoms with E-state index in [1.807, 2.05) is 0 Å². The summed E-state index contributed by atoms with van der Waals surface area (Å²) in [6, 6.07) is 0. The van der Waals surface area contributed by atoms with Gasteiger partial charge in [0.05, 0.1) is 6.61 Å². The van der Waals surface area contributed by atoms with Crippen molar-refractivity contribution in [3.63, 3.8) is 0 Å². The highest BCUT2D eigenvalue weighted by molar-refractivity contribution is 6.63. The molecular weight excluding hydrogens is 188 g/mol. The molecule has 0 rings (SSSR count). The van der Waals surface area contributed by atoms with Crippen molar-refractivity contribution >= 4 is 34.8 Å². The summed E-state index contributed by atoms with van der Waals surface area (Å²) in [5.41, 5.74) is 4.78. The van der Waals surface area contributed by atoms with E-state index in [4.69, 9.17) is 45.6 Å². The summed E-state index contributed by atoms with van der Waals surface area (Å²) in [6.07, 6.45) is 0. The standard InChI is InChI=1S/C2H7NO.CHCl3.H2O/c3-1-2-4;2-1(3)4;/h4H,1-3H2;1H;1H2. The van der Waals surface area contributed by atoms with Crippen molar-refractivity contribution in [2.24, 2.45) is 5.73 Å². The molecule has 0 aromatic carbocycles. The van der Waals surface area contributed by atoms with Gasteiger partial charge in [0.15, 0.2) is 4.30 Å². The van der Waals surface area contributed by atoms with Crippen LogP contribution in [0.4, 0.5) is 0 Å². The van der Waals surface area contributed by atoms with E-state index in [1.165, 1.54) is 0 Å². The molecule has 0 saturated heterocycles. The molecule has 60 valence electrons. The predicted molar refractivity (Wildman–Crippen MR) is 41.1 cm³/mol. The molecule has 0 unspecified atom stereocenters. The van der Waals surface area contributed by atoms with Crippen LogP contribution in [0.1, 0.15) is 0 Å². The number of hydrogen-bond donors (Lipinski definition) is 2. The van der Waals surface area contributed by atoms with E-state index in [1.54, 1.807) is 0 Å². The van der Waals surface area contributed by atoms with Crippen LogP contribution < -0.4 is 5.73 Å². The number of alkyl halides is 3. The van der Waals surface area contributed by atoms with E-state index in [2.05, 4.69) is 0 Å². The second-order valence-electron chi connectivity index (χ2n) is 0.760. The lowest BCUT2D eigenvalue weighted by Crippen LogP contribution is -2.02. The third kappa shape index (κ3) is 130. The van der Waals surface area contributed by atoms with Crippen molar-refractivity contribution in [2.75, 3.05) is 13.2 Å². The summed E-state index contributed by atoms with van der Waals surface area (Å²) in [7, 11) is 0. The Morgan fingerprint density at radius 1 is 1.33 bits per heavy atom. The minimum absolute atomic E-state index is 0. The van der Waals surface area contributed by atoms with Gasteiger partial charge in [-0.25, -0.2) is 0 Å². The van der Waals surface area contributed by atoms with E-state index in [-0.39, 0.29) is 12.1 Å². The number of aliphatic hydroxyl groups is 1. The average Bonchev–Trinajstić information content (AvgIpc) is 1.65. The van der Waals surface area contributed by atoms with Crippen LogP contribution in [0.25, 0.3) is 0 Å². The van der Waals surface area contributed by atoms with Crippen molar-refractivity contribution in [3.8, 4) is 0 Å². The molecule has 0 saturated carbocycles. The van der Waals surface area contributed by atoms with Crippen LogP contribution in [0, 0.1) is 0 Å². The smallest absolute Gasteiger partial charge is 0.180 e. The molecule has 0 atom stereocenters. The molecule has 6 heteroatoms. The third-order valence-corrected chi connectivity index (χ3v) is 0.129. The highest BCUT2D eigenvalue weighted by atomic mass is 35.6. The predicted octanol–water partition coefficient (Wildman–Crippen LogP) is 0.0991. The van der Waals surface area contributed by atoms with Gasteiger partial charge in [-0.1, -0.05) is 34.8 Å². The Morgan fingerprint density at radius 2 is 1.44 bits per heavy atom. The van der Waals surface area contributed by atoms with Gasteiger partial charge < -0.3 is 16.3 Å². The number of hydrogen-bond acceptors (Lipinski definition) is 2. The van der Waals surface area contributed by atoms with Crippen LogP contribution in [0.5, 0.6) is 0 Å². The maximum atomic E-state index is 7.75. The van der Waals surface area contributed by atoms with E-state index in [0.717, 1.165) is 0 Å². The summed E-state index contributed by atoms with van der Waals surface area (Å²) in [6.45, 7) is 0.472. The first-order valence-electron chi connectivity index (χ1n) is 1.88. The minimum atomic E-state index is -0.750. The van der Waals surface area contributed by atoms with Gasteiger partial charge in [0, 0.05) is 6.54 Å². The van der Waals surface area contributed by atoms with Gasteiger partial charge in [0.2, 0.25) is 0 Å². The average molecular weight is 198 g/mol. The zero-order valence-electron chi connectivity index (χ0n) is 4.65. The fourth-order valence-electron chi connectivity index (χ4n) is 0. The first-order chi connectivity index (χ1) is 3.65. The zero-order chi connectivity index (χ0) is 6.99. The van der Waals surface area contributed by atoms with Gasteiger partial charge >= 0.3 is 0 Å². The van der Waals surface area contributed by atoms with E-state index in [9.17, 15) is 0 Å². The fraction of sp³-hybridized carbons (Fsp3) is 1.00. The van der Waals surface area contributed by atoms with Crippen molar-refractivity contribution in [1.82, 2.24) is 0 Å². The van der Waals surface area contributed by atoms with Crippen LogP contribution in [-0.2, 0) is 0 Å². The summed E-state index contributed by atoms with van der Waals surface area (Å²) >= 11 is 14.4. The van der Waals surface area contributed by atoms with Crippen LogP contribution in [0.3, 0.4) is 0 Å². The summed E-state index contributed by atoms with van der Waals surface area (Å²) in [5, 5.41) is 7.75. The first-order valence-corrected chi connectivity index (χ1v) is 3.19. The Hall–Kier alpha value is 0.750. The second-order valence-corrected chi connectivity index (χ2v) is 2.74. The molecule has 3 nitrogen and oxygen atoms in total. The zero-order valence-corrected chi connectivity index (χ0v) is 6.92. The highest BCUT2D eigenvalue weighted by Gasteiger charge is 1.78. The number of rotatable bonds is 1. The van der Waals surface area contributed by atoms with Crippen LogP contribution in [0.2, 0.25) is 0 Å². The van der Waals surface area contributed by atoms with E-state index < -0.39 is 4.30 Å². The SMILES string of the molecule is ClC(Cl)Cl.NCCO.O. The molecule has 0 aromatic heterocycles. The van der Waals surface area contributed by atoms with Crippen molar-refractivity contribution < 1.29 is 10.6 Å². The lowest BCUT2D eigenvalue weighted by atomic mass is 10.8. The van der Waals surface area contributed by atoms with Gasteiger partial charge in [0.1, 0.15) is 0 Å². The molecule has 0 aromatic rings. The monoisotopic (exact) mass is 197 g/mol. The lowest BCUT2D eigenvalue weighted by molar-refractivity contribution is 0.306. The van der Waals surface area contributed by atoms with Crippen molar-refractivity contribution in [1.29, 1.82) is 0 Å². The molecule has 0 radical (unpaired) electrons. The fourth-order valence-corrected chi connectivity index (χ4v) is 0. The number of nitrogens with two attached hydrogens (primary N) is 1. The van der Waals surface area contributed by atoms with E-state index >= 15 is 0 Å². The number of aliphatic hydroxyl groups excluding tert-OH is 1. The maximum Gasteiger partial charge on any atom is 0.180 e. The van der Waals surface area contributed by atoms with Crippen molar-refractivity contribution in [2.45, 2.75) is 4.30 Å². The molecule has 0 aliphatic carbocycles. The molecule has 9 heavy (non-hydrogen) atoms. The molecule has 0 aliphatic rings. The molecule has 0 heterocycles. The summed E-state index contributed by atoms with van der Waals surface area (Å²) < 4.78 is -0.750. The number of halogens is 3. The summed E-state index contributed by atoms with van der Waals surface area (Å²) in [4.78, 5) is 0. The Labute approximate surface area is 69.0 Å². The van der Waals surface area contributed by atoms with Gasteiger partial charge in [-0.3, -0.25) is 0 Å². The topological polar surface area (TPSA) is 77.8 Å². The molecule has 0 amide bonds. The molecule has 0 bridgehead atoms. The minimum Gasteiger partial charge on any atom is -0.412 e. The Morgan fingerprint density at radius 3 is 1.44 bits per heavy atom. The molecule has 5 N–H and O–H groups in total. The molecule has 0 fully saturated rings. The van der Waals surface area contributed by atoms with E-state index in [0.29, 0.717) is 6.54 Å². The Balaban J connectivity index is -0.0000000720. The van der Waals surface area contributed by atoms with Crippen LogP contribution >= 0.6 is 34.8 Å². The second kappa shape index (κ2) is 15.9.